The topological polar surface area (TPSA) is 114 Å². The van der Waals surface area contributed by atoms with Crippen LogP contribution in [0.3, 0.4) is 0 Å². The maximum atomic E-state index is 11.8. The smallest absolute Gasteiger partial charge is 0.330 e. The van der Waals surface area contributed by atoms with Gasteiger partial charge in [-0.25, -0.2) is 14.4 Å². The molecular formula is C24H34O9. The zero-order valence-corrected chi connectivity index (χ0v) is 19.5. The molecule has 0 aliphatic heterocycles. The van der Waals surface area contributed by atoms with Gasteiger partial charge in [-0.2, -0.15) is 0 Å². The van der Waals surface area contributed by atoms with E-state index in [4.69, 9.17) is 23.7 Å². The van der Waals surface area contributed by atoms with E-state index < -0.39 is 34.7 Å². The molecule has 0 radical (unpaired) electrons. The SMILES string of the molecule is C=CCC(=O)OCC(CC)(COCC(C)(COC(=O)C=C)COC(=O)C=C)COC(=O)C=C. The van der Waals surface area contributed by atoms with E-state index >= 15 is 0 Å². The van der Waals surface area contributed by atoms with E-state index in [2.05, 4.69) is 26.3 Å². The predicted octanol–water partition coefficient (Wildman–Crippen LogP) is 2.71. The summed E-state index contributed by atoms with van der Waals surface area (Å²) >= 11 is 0. The molecule has 0 aliphatic carbocycles. The quantitative estimate of drug-likeness (QED) is 0.130. The zero-order chi connectivity index (χ0) is 25.3. The highest BCUT2D eigenvalue weighted by Crippen LogP contribution is 2.27. The lowest BCUT2D eigenvalue weighted by molar-refractivity contribution is -0.158. The molecule has 1 unspecified atom stereocenters. The first-order valence-electron chi connectivity index (χ1n) is 10.3. The molecule has 0 saturated carbocycles. The lowest BCUT2D eigenvalue weighted by Crippen LogP contribution is -2.41. The number of esters is 4. The molecule has 0 bridgehead atoms. The van der Waals surface area contributed by atoms with Gasteiger partial charge in [-0.3, -0.25) is 4.79 Å². The number of carbonyl (C=O) groups is 4. The van der Waals surface area contributed by atoms with Gasteiger partial charge in [0.05, 0.1) is 30.5 Å². The molecule has 0 aromatic heterocycles. The molecule has 0 heterocycles. The van der Waals surface area contributed by atoms with Crippen molar-refractivity contribution in [1.29, 1.82) is 0 Å². The van der Waals surface area contributed by atoms with Crippen LogP contribution >= 0.6 is 0 Å². The first-order valence-corrected chi connectivity index (χ1v) is 10.3. The second-order valence-electron chi connectivity index (χ2n) is 7.75. The summed E-state index contributed by atoms with van der Waals surface area (Å²) in [6.07, 6.45) is 4.98. The van der Waals surface area contributed by atoms with Crippen LogP contribution in [-0.4, -0.2) is 63.5 Å². The molecule has 184 valence electrons. The summed E-state index contributed by atoms with van der Waals surface area (Å²) < 4.78 is 26.6. The number of hydrogen-bond donors (Lipinski definition) is 0. The van der Waals surface area contributed by atoms with Crippen LogP contribution in [0.2, 0.25) is 0 Å². The van der Waals surface area contributed by atoms with Crippen LogP contribution in [-0.2, 0) is 42.9 Å². The van der Waals surface area contributed by atoms with Gasteiger partial charge in [-0.1, -0.05) is 39.7 Å². The summed E-state index contributed by atoms with van der Waals surface area (Å²) in [4.78, 5) is 46.4. The third kappa shape index (κ3) is 12.4. The van der Waals surface area contributed by atoms with Crippen molar-refractivity contribution < 1.29 is 42.9 Å². The average molecular weight is 467 g/mol. The Hall–Kier alpha value is -3.20. The Morgan fingerprint density at radius 2 is 1.15 bits per heavy atom. The Labute approximate surface area is 195 Å². The van der Waals surface area contributed by atoms with Crippen molar-refractivity contribution in [3.05, 3.63) is 50.6 Å². The summed E-state index contributed by atoms with van der Waals surface area (Å²) in [7, 11) is 0. The fourth-order valence-electron chi connectivity index (χ4n) is 2.37. The predicted molar refractivity (Wildman–Crippen MR) is 121 cm³/mol. The monoisotopic (exact) mass is 466 g/mol. The van der Waals surface area contributed by atoms with Gasteiger partial charge in [0.25, 0.3) is 0 Å². The van der Waals surface area contributed by atoms with Crippen molar-refractivity contribution in [1.82, 2.24) is 0 Å². The molecular weight excluding hydrogens is 432 g/mol. The molecule has 0 N–H and O–H groups in total. The minimum absolute atomic E-state index is 0.0135. The Morgan fingerprint density at radius 1 is 0.697 bits per heavy atom. The lowest BCUT2D eigenvalue weighted by Gasteiger charge is -2.34. The molecule has 0 spiro atoms. The molecule has 9 nitrogen and oxygen atoms in total. The van der Waals surface area contributed by atoms with Crippen molar-refractivity contribution in [2.45, 2.75) is 26.7 Å². The summed E-state index contributed by atoms with van der Waals surface area (Å²) in [5, 5.41) is 0. The molecule has 0 rings (SSSR count). The van der Waals surface area contributed by atoms with E-state index in [9.17, 15) is 19.2 Å². The van der Waals surface area contributed by atoms with Gasteiger partial charge in [-0.15, -0.1) is 6.58 Å². The third-order valence-electron chi connectivity index (χ3n) is 4.61. The highest BCUT2D eigenvalue weighted by Gasteiger charge is 2.35. The van der Waals surface area contributed by atoms with Crippen molar-refractivity contribution in [3.8, 4) is 0 Å². The Kier molecular flexibility index (Phi) is 14.1. The van der Waals surface area contributed by atoms with E-state index in [0.717, 1.165) is 18.2 Å². The number of ether oxygens (including phenoxy) is 5. The highest BCUT2D eigenvalue weighted by atomic mass is 16.6. The Balaban J connectivity index is 5.36. The summed E-state index contributed by atoms with van der Waals surface area (Å²) in [5.41, 5.74) is -1.74. The molecule has 1 atom stereocenters. The standard InChI is InChI=1S/C24H34O9/c1-7-12-22(28)33-18-24(11-5,17-32-21(27)10-4)16-29-13-23(6,14-30-19(25)8-2)15-31-20(26)9-3/h7-10H,1-4,11-18H2,5-6H3. The number of carbonyl (C=O) groups excluding carboxylic acids is 4. The van der Waals surface area contributed by atoms with Crippen LogP contribution in [0.15, 0.2) is 50.6 Å². The van der Waals surface area contributed by atoms with Crippen LogP contribution in [0, 0.1) is 10.8 Å². The van der Waals surface area contributed by atoms with Gasteiger partial charge in [0.2, 0.25) is 0 Å². The fourth-order valence-corrected chi connectivity index (χ4v) is 2.37. The van der Waals surface area contributed by atoms with Crippen LogP contribution < -0.4 is 0 Å². The molecule has 0 fully saturated rings. The molecule has 9 heteroatoms. The molecule has 0 aromatic carbocycles. The minimum atomic E-state index is -0.895. The van der Waals surface area contributed by atoms with Gasteiger partial charge < -0.3 is 23.7 Å². The van der Waals surface area contributed by atoms with Gasteiger partial charge >= 0.3 is 23.9 Å². The van der Waals surface area contributed by atoms with E-state index in [1.54, 1.807) is 6.92 Å². The van der Waals surface area contributed by atoms with E-state index in [1.165, 1.54) is 6.08 Å². The molecule has 33 heavy (non-hydrogen) atoms. The van der Waals surface area contributed by atoms with Crippen LogP contribution in [0.25, 0.3) is 0 Å². The summed E-state index contributed by atoms with van der Waals surface area (Å²) in [6, 6.07) is 0. The van der Waals surface area contributed by atoms with Gasteiger partial charge in [-0.05, 0) is 6.42 Å². The first-order chi connectivity index (χ1) is 15.6. The first kappa shape index (κ1) is 29.8. The Morgan fingerprint density at radius 3 is 1.58 bits per heavy atom. The van der Waals surface area contributed by atoms with Crippen molar-refractivity contribution in [2.75, 3.05) is 39.6 Å². The third-order valence-corrected chi connectivity index (χ3v) is 4.61. The van der Waals surface area contributed by atoms with Gasteiger partial charge in [0.15, 0.2) is 0 Å². The number of rotatable bonds is 18. The maximum absolute atomic E-state index is 11.8. The minimum Gasteiger partial charge on any atom is -0.465 e. The van der Waals surface area contributed by atoms with E-state index in [-0.39, 0.29) is 46.1 Å². The van der Waals surface area contributed by atoms with Crippen LogP contribution in [0.1, 0.15) is 26.7 Å². The molecule has 0 saturated heterocycles. The van der Waals surface area contributed by atoms with Gasteiger partial charge in [0, 0.05) is 18.2 Å². The summed E-state index contributed by atoms with van der Waals surface area (Å²) in [6.45, 7) is 16.8. The largest absolute Gasteiger partial charge is 0.465 e. The normalized spacial score (nSPS) is 12.4. The van der Waals surface area contributed by atoms with Gasteiger partial charge in [0.1, 0.15) is 26.4 Å². The van der Waals surface area contributed by atoms with Crippen LogP contribution in [0.5, 0.6) is 0 Å². The van der Waals surface area contributed by atoms with Crippen molar-refractivity contribution in [2.24, 2.45) is 10.8 Å². The highest BCUT2D eigenvalue weighted by molar-refractivity contribution is 5.82. The van der Waals surface area contributed by atoms with Crippen molar-refractivity contribution >= 4 is 23.9 Å². The number of hydrogen-bond acceptors (Lipinski definition) is 9. The van der Waals surface area contributed by atoms with Crippen LogP contribution in [0.4, 0.5) is 0 Å². The van der Waals surface area contributed by atoms with Crippen molar-refractivity contribution in [3.63, 3.8) is 0 Å². The molecule has 0 aromatic rings. The summed E-state index contributed by atoms with van der Waals surface area (Å²) in [5.74, 6) is -2.37. The molecule has 0 aliphatic rings. The second kappa shape index (κ2) is 15.6. The fraction of sp³-hybridized carbons (Fsp3) is 0.500. The van der Waals surface area contributed by atoms with E-state index in [0.29, 0.717) is 6.42 Å². The second-order valence-corrected chi connectivity index (χ2v) is 7.75. The maximum Gasteiger partial charge on any atom is 0.330 e. The Bertz CT molecular complexity index is 701. The zero-order valence-electron chi connectivity index (χ0n) is 19.5. The lowest BCUT2D eigenvalue weighted by atomic mass is 9.87. The molecule has 0 amide bonds. The average Bonchev–Trinajstić information content (AvgIpc) is 2.82. The van der Waals surface area contributed by atoms with E-state index in [1.807, 2.05) is 6.92 Å².